The Morgan fingerprint density at radius 1 is 0.901 bits per heavy atom. The second kappa shape index (κ2) is 20.1. The summed E-state index contributed by atoms with van der Waals surface area (Å²) in [5.41, 5.74) is 7.42. The SMILES string of the molecule is Cc1c(OCC[C@@H](C)C2CCN(CC(=O)Nc3ccc4c(C5CCC(=O)NC5=O)nn(C)c4c3)CC2)cccc1-c1ccc(N2CCc3cccc(C(=O)Nc4nc5ccccc5s4)c3C2)nc1C(=O)O. The van der Waals surface area contributed by atoms with E-state index in [2.05, 4.69) is 37.9 Å². The molecule has 2 fully saturated rings. The highest BCUT2D eigenvalue weighted by Gasteiger charge is 2.32. The lowest BCUT2D eigenvalue weighted by Gasteiger charge is -2.34. The number of thiazole rings is 1. The summed E-state index contributed by atoms with van der Waals surface area (Å²) < 4.78 is 9.09. The molecular formula is C54H55N9O7S. The number of aromatic nitrogens is 4. The number of nitrogens with zero attached hydrogens (tertiary/aromatic N) is 6. The molecule has 2 saturated heterocycles. The number of nitrogens with one attached hydrogen (secondary N) is 3. The van der Waals surface area contributed by atoms with Crippen molar-refractivity contribution < 1.29 is 33.8 Å². The van der Waals surface area contributed by atoms with E-state index in [0.717, 1.165) is 75.7 Å². The van der Waals surface area contributed by atoms with E-state index in [1.807, 2.05) is 103 Å². The number of hydrogen-bond acceptors (Lipinski definition) is 12. The van der Waals surface area contributed by atoms with Gasteiger partial charge in [0.15, 0.2) is 10.8 Å². The first-order valence-corrected chi connectivity index (χ1v) is 25.0. The average molecular weight is 974 g/mol. The normalized spacial score (nSPS) is 16.9. The Morgan fingerprint density at radius 3 is 2.52 bits per heavy atom. The second-order valence-corrected chi connectivity index (χ2v) is 19.9. The molecule has 3 aliphatic heterocycles. The summed E-state index contributed by atoms with van der Waals surface area (Å²) in [6.45, 7) is 7.63. The van der Waals surface area contributed by atoms with Crippen molar-refractivity contribution in [1.82, 2.24) is 30.0 Å². The van der Waals surface area contributed by atoms with Crippen LogP contribution in [0.1, 0.15) is 88.2 Å². The first-order valence-electron chi connectivity index (χ1n) is 24.2. The number of rotatable bonds is 14. The predicted octanol–water partition coefficient (Wildman–Crippen LogP) is 8.34. The van der Waals surface area contributed by atoms with Crippen LogP contribution in [0.15, 0.2) is 91.0 Å². The smallest absolute Gasteiger partial charge is 0.355 e. The molecule has 364 valence electrons. The predicted molar refractivity (Wildman–Crippen MR) is 273 cm³/mol. The van der Waals surface area contributed by atoms with E-state index in [1.165, 1.54) is 11.3 Å². The van der Waals surface area contributed by atoms with Crippen LogP contribution in [0.2, 0.25) is 0 Å². The topological polar surface area (TPSA) is 201 Å². The highest BCUT2D eigenvalue weighted by Crippen LogP contribution is 2.36. The molecule has 0 spiro atoms. The minimum Gasteiger partial charge on any atom is -0.493 e. The minimum absolute atomic E-state index is 0.0545. The molecule has 10 rings (SSSR count). The number of carbonyl (C=O) groups excluding carboxylic acids is 4. The van der Waals surface area contributed by atoms with E-state index >= 15 is 0 Å². The van der Waals surface area contributed by atoms with E-state index in [9.17, 15) is 29.1 Å². The number of amides is 4. The van der Waals surface area contributed by atoms with Crippen molar-refractivity contribution in [2.24, 2.45) is 18.9 Å². The van der Waals surface area contributed by atoms with Crippen molar-refractivity contribution in [3.63, 3.8) is 0 Å². The van der Waals surface area contributed by atoms with Gasteiger partial charge in [0.1, 0.15) is 11.6 Å². The molecule has 17 heteroatoms. The minimum atomic E-state index is -1.13. The number of fused-ring (bicyclic) bond motifs is 3. The van der Waals surface area contributed by atoms with Crippen LogP contribution in [0, 0.1) is 18.8 Å². The van der Waals surface area contributed by atoms with E-state index in [-0.39, 0.29) is 42.3 Å². The maximum Gasteiger partial charge on any atom is 0.355 e. The molecule has 0 aliphatic carbocycles. The summed E-state index contributed by atoms with van der Waals surface area (Å²) in [7, 11) is 1.81. The van der Waals surface area contributed by atoms with E-state index in [4.69, 9.17) is 9.72 Å². The lowest BCUT2D eigenvalue weighted by atomic mass is 9.84. The molecule has 0 saturated carbocycles. The van der Waals surface area contributed by atoms with Gasteiger partial charge in [0.2, 0.25) is 17.7 Å². The summed E-state index contributed by atoms with van der Waals surface area (Å²) in [4.78, 5) is 77.4. The van der Waals surface area contributed by atoms with Crippen LogP contribution in [0.5, 0.6) is 5.75 Å². The monoisotopic (exact) mass is 973 g/mol. The number of carbonyl (C=O) groups is 5. The summed E-state index contributed by atoms with van der Waals surface area (Å²) in [6, 6.07) is 28.4. The Balaban J connectivity index is 0.720. The Kier molecular flexibility index (Phi) is 13.3. The van der Waals surface area contributed by atoms with Crippen molar-refractivity contribution in [2.45, 2.75) is 64.8 Å². The van der Waals surface area contributed by atoms with Crippen molar-refractivity contribution >= 4 is 78.7 Å². The van der Waals surface area contributed by atoms with Crippen LogP contribution in [0.4, 0.5) is 16.6 Å². The zero-order chi connectivity index (χ0) is 49.3. The Bertz CT molecular complexity index is 3200. The number of piperidine rings is 2. The Morgan fingerprint density at radius 2 is 1.72 bits per heavy atom. The number of hydrogen-bond donors (Lipinski definition) is 4. The molecule has 2 atom stereocenters. The lowest BCUT2D eigenvalue weighted by molar-refractivity contribution is -0.134. The van der Waals surface area contributed by atoms with Crippen molar-refractivity contribution in [1.29, 1.82) is 0 Å². The number of anilines is 3. The number of imide groups is 1. The fourth-order valence-electron chi connectivity index (χ4n) is 10.4. The van der Waals surface area contributed by atoms with Gasteiger partial charge in [-0.3, -0.25) is 39.4 Å². The molecule has 3 aromatic heterocycles. The third-order valence-electron chi connectivity index (χ3n) is 14.4. The number of para-hydroxylation sites is 1. The number of benzene rings is 4. The zero-order valence-corrected chi connectivity index (χ0v) is 40.7. The number of carboxylic acids is 1. The third kappa shape index (κ3) is 9.97. The average Bonchev–Trinajstić information content (AvgIpc) is 3.93. The summed E-state index contributed by atoms with van der Waals surface area (Å²) >= 11 is 1.43. The summed E-state index contributed by atoms with van der Waals surface area (Å²) in [5.74, 6) is -0.464. The van der Waals surface area contributed by atoms with Gasteiger partial charge in [0, 0.05) is 48.8 Å². The molecule has 0 radical (unpaired) electrons. The van der Waals surface area contributed by atoms with Crippen molar-refractivity contribution in [3.05, 3.63) is 125 Å². The summed E-state index contributed by atoms with van der Waals surface area (Å²) in [6.07, 6.45) is 4.15. The molecule has 0 bridgehead atoms. The van der Waals surface area contributed by atoms with E-state index in [1.54, 1.807) is 11.7 Å². The van der Waals surface area contributed by atoms with Gasteiger partial charge in [-0.25, -0.2) is 14.8 Å². The molecule has 7 aromatic rings. The van der Waals surface area contributed by atoms with Gasteiger partial charge < -0.3 is 20.1 Å². The quantitative estimate of drug-likeness (QED) is 0.0761. The van der Waals surface area contributed by atoms with Gasteiger partial charge in [-0.2, -0.15) is 5.10 Å². The maximum absolute atomic E-state index is 13.6. The Labute approximate surface area is 414 Å². The van der Waals surface area contributed by atoms with Crippen LogP contribution in [-0.2, 0) is 34.4 Å². The number of aryl methyl sites for hydroxylation is 1. The standard InChI is InChI=1S/C54H55N9O7S/c1-31(33-20-24-62(25-21-33)30-48(65)55-35-14-15-39-43(28-35)61(3)60-49(39)40-17-19-47(64)58-52(40)67)23-27-70-44-12-7-9-36(32(44)2)37-16-18-46(57-50(37)53(68)69)63-26-22-34-8-6-10-38(41(34)29-63)51(66)59-54-56-42-11-4-5-13-45(42)71-54/h4-16,18,28,31,33,40H,17,19-27,29-30H2,1-3H3,(H,55,65)(H,68,69)(H,56,59,66)(H,58,64,67)/t31-,40?/m1/s1. The molecule has 4 amide bonds. The first-order chi connectivity index (χ1) is 34.4. The van der Waals surface area contributed by atoms with Crippen LogP contribution >= 0.6 is 11.3 Å². The fraction of sp³-hybridized carbons (Fsp3) is 0.333. The third-order valence-corrected chi connectivity index (χ3v) is 15.3. The van der Waals surface area contributed by atoms with Gasteiger partial charge in [0.05, 0.1) is 40.5 Å². The first kappa shape index (κ1) is 47.2. The number of carboxylic acid groups (broad SMARTS) is 1. The maximum atomic E-state index is 13.6. The van der Waals surface area contributed by atoms with Crippen molar-refractivity contribution in [3.8, 4) is 16.9 Å². The number of aromatic carboxylic acids is 1. The summed E-state index contributed by atoms with van der Waals surface area (Å²) in [5, 5.41) is 24.9. The lowest BCUT2D eigenvalue weighted by Crippen LogP contribution is -2.40. The molecule has 3 aliphatic rings. The zero-order valence-electron chi connectivity index (χ0n) is 39.9. The molecule has 16 nitrogen and oxygen atoms in total. The second-order valence-electron chi connectivity index (χ2n) is 18.9. The largest absolute Gasteiger partial charge is 0.493 e. The van der Waals surface area contributed by atoms with Gasteiger partial charge in [-0.05, 0) is 141 Å². The molecule has 1 unspecified atom stereocenters. The number of likely N-dealkylation sites (tertiary alicyclic amines) is 1. The molecule has 4 aromatic carbocycles. The number of pyridine rings is 1. The highest BCUT2D eigenvalue weighted by molar-refractivity contribution is 7.22. The van der Waals surface area contributed by atoms with E-state index < -0.39 is 11.9 Å². The van der Waals surface area contributed by atoms with Gasteiger partial charge >= 0.3 is 5.97 Å². The van der Waals surface area contributed by atoms with E-state index in [0.29, 0.717) is 83.6 Å². The molecule has 71 heavy (non-hydrogen) atoms. The van der Waals surface area contributed by atoms with Gasteiger partial charge in [-0.1, -0.05) is 54.7 Å². The van der Waals surface area contributed by atoms with Crippen LogP contribution in [-0.4, -0.2) is 92.1 Å². The molecule has 6 heterocycles. The van der Waals surface area contributed by atoms with Crippen LogP contribution in [0.3, 0.4) is 0 Å². The Hall–Kier alpha value is -7.50. The highest BCUT2D eigenvalue weighted by atomic mass is 32.1. The van der Waals surface area contributed by atoms with Crippen LogP contribution in [0.25, 0.3) is 32.2 Å². The van der Waals surface area contributed by atoms with Crippen LogP contribution < -0.4 is 25.6 Å². The van der Waals surface area contributed by atoms with Crippen molar-refractivity contribution in [2.75, 3.05) is 48.3 Å². The van der Waals surface area contributed by atoms with Gasteiger partial charge in [-0.15, -0.1) is 0 Å². The fourth-order valence-corrected chi connectivity index (χ4v) is 11.3. The molecular weight excluding hydrogens is 919 g/mol. The number of ether oxygens (including phenoxy) is 1. The molecule has 4 N–H and O–H groups in total. The van der Waals surface area contributed by atoms with Gasteiger partial charge in [0.25, 0.3) is 5.91 Å².